The average Bonchev–Trinajstić information content (AvgIpc) is 3.60. The molecule has 0 bridgehead atoms. The number of fused-ring (bicyclic) bond motifs is 1. The molecule has 2 aromatic carbocycles. The summed E-state index contributed by atoms with van der Waals surface area (Å²) in [6.07, 6.45) is 2.32. The molecule has 0 aliphatic carbocycles. The molecule has 0 saturated carbocycles. The summed E-state index contributed by atoms with van der Waals surface area (Å²) in [7, 11) is -0.391. The number of aromatic amines is 1. The van der Waals surface area contributed by atoms with Gasteiger partial charge in [0.2, 0.25) is 39.6 Å². The fourth-order valence-electron chi connectivity index (χ4n) is 4.73. The average molecular weight is 719 g/mol. The zero-order valence-corrected chi connectivity index (χ0v) is 28.2. The fraction of sp³-hybridized carbons (Fsp3) is 0.400. The Morgan fingerprint density at radius 1 is 0.900 bits per heavy atom. The van der Waals surface area contributed by atoms with E-state index in [0.717, 1.165) is 11.1 Å². The number of carbonyl (C=O) groups is 5. The number of nitrogens with one attached hydrogen (secondary N) is 6. The molecular weight excluding hydrogens is 676 g/mol. The molecule has 20 heteroatoms. The van der Waals surface area contributed by atoms with Crippen LogP contribution in [0.5, 0.6) is 0 Å². The first-order valence-electron chi connectivity index (χ1n) is 15.3. The van der Waals surface area contributed by atoms with Crippen molar-refractivity contribution in [3.05, 3.63) is 54.6 Å². The van der Waals surface area contributed by atoms with E-state index in [1.807, 2.05) is 25.1 Å². The minimum Gasteiger partial charge on any atom is -0.394 e. The van der Waals surface area contributed by atoms with Gasteiger partial charge in [-0.2, -0.15) is 0 Å². The van der Waals surface area contributed by atoms with Crippen LogP contribution in [0.15, 0.2) is 53.8 Å². The number of aliphatic hydroxyl groups excluding tert-OH is 2. The van der Waals surface area contributed by atoms with Crippen molar-refractivity contribution in [2.24, 2.45) is 11.5 Å². The number of rotatable bonds is 19. The molecule has 0 unspecified atom stereocenters. The van der Waals surface area contributed by atoms with Gasteiger partial charge in [-0.25, -0.2) is 18.1 Å². The van der Waals surface area contributed by atoms with Crippen LogP contribution in [0.2, 0.25) is 0 Å². The zero-order chi connectivity index (χ0) is 37.0. The molecule has 12 N–H and O–H groups in total. The normalized spacial score (nSPS) is 13.8. The van der Waals surface area contributed by atoms with Gasteiger partial charge in [0.05, 0.1) is 30.5 Å². The lowest BCUT2D eigenvalue weighted by Gasteiger charge is -2.23. The van der Waals surface area contributed by atoms with Gasteiger partial charge in [-0.15, -0.1) is 0 Å². The van der Waals surface area contributed by atoms with Crippen molar-refractivity contribution in [2.45, 2.75) is 41.9 Å². The van der Waals surface area contributed by atoms with E-state index in [9.17, 15) is 42.6 Å². The molecule has 0 spiro atoms. The molecule has 3 aromatic rings. The third-order valence-corrected chi connectivity index (χ3v) is 8.88. The fourth-order valence-corrected chi connectivity index (χ4v) is 6.01. The summed E-state index contributed by atoms with van der Waals surface area (Å²) in [4.78, 5) is 70.8. The third-order valence-electron chi connectivity index (χ3n) is 7.40. The summed E-state index contributed by atoms with van der Waals surface area (Å²) in [5.41, 5.74) is 12.3. The first-order valence-corrected chi connectivity index (χ1v) is 16.8. The molecule has 0 radical (unpaired) electrons. The van der Waals surface area contributed by atoms with E-state index < -0.39 is 83.5 Å². The molecule has 50 heavy (non-hydrogen) atoms. The number of anilines is 1. The van der Waals surface area contributed by atoms with Gasteiger partial charge in [0, 0.05) is 68.4 Å². The SMILES string of the molecule is CN(C)c1cccc2c(S(=O)(=O)NC[C@H](N)C(=O)NCCC(=O)N[C@@H](Cc3cnc[nH]3)C(=O)N[C@@H](CO)C(=O)N[C@@H](CO)C(N)=O)cccc12. The predicted octanol–water partition coefficient (Wildman–Crippen LogP) is -4.09. The highest BCUT2D eigenvalue weighted by molar-refractivity contribution is 7.89. The Labute approximate surface area is 287 Å². The monoisotopic (exact) mass is 718 g/mol. The van der Waals surface area contributed by atoms with E-state index in [4.69, 9.17) is 11.5 Å². The number of nitrogens with zero attached hydrogens (tertiary/aromatic N) is 2. The van der Waals surface area contributed by atoms with Crippen molar-refractivity contribution in [1.29, 1.82) is 0 Å². The molecule has 19 nitrogen and oxygen atoms in total. The summed E-state index contributed by atoms with van der Waals surface area (Å²) >= 11 is 0. The minimum atomic E-state index is -4.07. The number of imidazole rings is 1. The Hall–Kier alpha value is -5.15. The van der Waals surface area contributed by atoms with Gasteiger partial charge in [-0.1, -0.05) is 24.3 Å². The third kappa shape index (κ3) is 10.7. The molecule has 4 atom stereocenters. The van der Waals surface area contributed by atoms with E-state index >= 15 is 0 Å². The van der Waals surface area contributed by atoms with Crippen molar-refractivity contribution >= 4 is 56.0 Å². The second kappa shape index (κ2) is 18.0. The first-order chi connectivity index (χ1) is 23.7. The molecule has 272 valence electrons. The molecule has 1 heterocycles. The van der Waals surface area contributed by atoms with Crippen LogP contribution in [0.3, 0.4) is 0 Å². The van der Waals surface area contributed by atoms with Gasteiger partial charge in [-0.05, 0) is 12.1 Å². The quantitative estimate of drug-likeness (QED) is 0.0566. The summed E-state index contributed by atoms with van der Waals surface area (Å²) in [5, 5.41) is 29.4. The molecular formula is C30H42N10O9S. The van der Waals surface area contributed by atoms with Crippen LogP contribution in [-0.2, 0) is 40.4 Å². The first kappa shape index (κ1) is 39.3. The van der Waals surface area contributed by atoms with E-state index in [0.29, 0.717) is 11.1 Å². The number of amides is 5. The van der Waals surface area contributed by atoms with Gasteiger partial charge >= 0.3 is 0 Å². The second-order valence-electron chi connectivity index (χ2n) is 11.3. The minimum absolute atomic E-state index is 0.0163. The van der Waals surface area contributed by atoms with Crippen LogP contribution >= 0.6 is 0 Å². The number of benzene rings is 2. The highest BCUT2D eigenvalue weighted by Crippen LogP contribution is 2.30. The zero-order valence-electron chi connectivity index (χ0n) is 27.4. The second-order valence-corrected chi connectivity index (χ2v) is 13.0. The maximum absolute atomic E-state index is 13.2. The van der Waals surface area contributed by atoms with Gasteiger partial charge in [0.1, 0.15) is 18.1 Å². The standard InChI is InChI=1S/C30H42N10O9S/c1-40(2)24-7-3-6-19-18(24)5-4-8-25(19)50(48,49)36-13-20(31)28(45)34-10-9-26(43)37-21(11-17-12-33-16-35-17)29(46)39-23(15-42)30(47)38-22(14-41)27(32)44/h3-8,12,16,20-23,36,41-42H,9-11,13-15,31H2,1-2H3,(H2,32,44)(H,33,35)(H,34,45)(H,37,43)(H,38,47)(H,39,46)/t20-,21-,22-,23-/m0/s1. The van der Waals surface area contributed by atoms with Crippen molar-refractivity contribution in [3.63, 3.8) is 0 Å². The topological polar surface area (TPSA) is 304 Å². The van der Waals surface area contributed by atoms with Crippen LogP contribution in [0, 0.1) is 0 Å². The van der Waals surface area contributed by atoms with E-state index in [-0.39, 0.29) is 24.3 Å². The van der Waals surface area contributed by atoms with E-state index in [2.05, 4.69) is 36.0 Å². The molecule has 3 rings (SSSR count). The van der Waals surface area contributed by atoms with Gasteiger partial charge in [0.25, 0.3) is 0 Å². The highest BCUT2D eigenvalue weighted by atomic mass is 32.2. The van der Waals surface area contributed by atoms with Gasteiger partial charge in [-0.3, -0.25) is 24.0 Å². The van der Waals surface area contributed by atoms with E-state index in [1.165, 1.54) is 18.6 Å². The number of primary amides is 1. The number of hydrogen-bond donors (Lipinski definition) is 10. The molecule has 0 fully saturated rings. The maximum atomic E-state index is 13.2. The summed E-state index contributed by atoms with van der Waals surface area (Å²) < 4.78 is 28.7. The molecule has 0 saturated heterocycles. The van der Waals surface area contributed by atoms with Crippen LogP contribution in [0.4, 0.5) is 5.69 Å². The molecule has 0 aliphatic rings. The number of aliphatic hydroxyl groups is 2. The Morgan fingerprint density at radius 2 is 1.54 bits per heavy atom. The molecule has 5 amide bonds. The number of H-pyrrole nitrogens is 1. The van der Waals surface area contributed by atoms with Crippen molar-refractivity contribution < 1.29 is 42.6 Å². The molecule has 0 aliphatic heterocycles. The Bertz CT molecular complexity index is 1770. The van der Waals surface area contributed by atoms with Crippen molar-refractivity contribution in [3.8, 4) is 0 Å². The van der Waals surface area contributed by atoms with Crippen molar-refractivity contribution in [1.82, 2.24) is 36.0 Å². The van der Waals surface area contributed by atoms with Gasteiger partial charge in [0.15, 0.2) is 0 Å². The summed E-state index contributed by atoms with van der Waals surface area (Å²) in [6.45, 7) is -2.36. The van der Waals surface area contributed by atoms with Gasteiger partial charge < -0.3 is 52.8 Å². The number of aromatic nitrogens is 2. The lowest BCUT2D eigenvalue weighted by molar-refractivity contribution is -0.134. The van der Waals surface area contributed by atoms with Crippen LogP contribution in [-0.4, -0.2) is 123 Å². The van der Waals surface area contributed by atoms with E-state index in [1.54, 1.807) is 24.3 Å². The molecule has 1 aromatic heterocycles. The number of nitrogens with two attached hydrogens (primary N) is 2. The highest BCUT2D eigenvalue weighted by Gasteiger charge is 2.29. The Balaban J connectivity index is 1.56. The Morgan fingerprint density at radius 3 is 2.16 bits per heavy atom. The van der Waals surface area contributed by atoms with Crippen molar-refractivity contribution in [2.75, 3.05) is 45.3 Å². The predicted molar refractivity (Wildman–Crippen MR) is 181 cm³/mol. The summed E-state index contributed by atoms with van der Waals surface area (Å²) in [5.74, 6) is -4.37. The number of carbonyl (C=O) groups excluding carboxylic acids is 5. The van der Waals surface area contributed by atoms with Crippen LogP contribution < -0.4 is 42.4 Å². The lowest BCUT2D eigenvalue weighted by Crippen LogP contribution is -2.58. The lowest BCUT2D eigenvalue weighted by atomic mass is 10.1. The Kier molecular flexibility index (Phi) is 14.2. The van der Waals surface area contributed by atoms with Crippen LogP contribution in [0.25, 0.3) is 10.8 Å². The largest absolute Gasteiger partial charge is 0.394 e. The summed E-state index contributed by atoms with van der Waals surface area (Å²) in [6, 6.07) is 4.53. The number of hydrogen-bond acceptors (Lipinski definition) is 12. The smallest absolute Gasteiger partial charge is 0.245 e. The van der Waals surface area contributed by atoms with Crippen LogP contribution in [0.1, 0.15) is 12.1 Å². The maximum Gasteiger partial charge on any atom is 0.245 e. The number of sulfonamides is 1.